The van der Waals surface area contributed by atoms with Crippen LogP contribution in [0.25, 0.3) is 0 Å². The highest BCUT2D eigenvalue weighted by Crippen LogP contribution is 2.35. The van der Waals surface area contributed by atoms with Crippen LogP contribution in [0.5, 0.6) is 0 Å². The summed E-state index contributed by atoms with van der Waals surface area (Å²) in [5, 5.41) is 2.37. The SMILES string of the molecule is [2H]c1cnc2c(c1[2H])C(=O)Nc1c(nc([2H])c([2H])c1C([2H])([2H])[2H])N2C. The van der Waals surface area contributed by atoms with Gasteiger partial charge in [0.2, 0.25) is 0 Å². The maximum atomic E-state index is 12.6. The molecule has 90 valence electrons. The van der Waals surface area contributed by atoms with Gasteiger partial charge in [-0.2, -0.15) is 0 Å². The number of rotatable bonds is 0. The molecule has 2 aromatic heterocycles. The molecule has 0 fully saturated rings. The first-order valence-corrected chi connectivity index (χ1v) is 5.07. The largest absolute Gasteiger partial charge is 0.318 e. The number of carbonyl (C=O) groups is 1. The highest BCUT2D eigenvalue weighted by Gasteiger charge is 2.25. The number of hydrogen-bond donors (Lipinski definition) is 1. The van der Waals surface area contributed by atoms with E-state index >= 15 is 0 Å². The van der Waals surface area contributed by atoms with Crippen LogP contribution in [0.15, 0.2) is 30.5 Å². The minimum atomic E-state index is -2.76. The number of anilines is 3. The van der Waals surface area contributed by atoms with Crippen molar-refractivity contribution in [2.45, 2.75) is 6.85 Å². The van der Waals surface area contributed by atoms with E-state index in [9.17, 15) is 4.79 Å². The number of hydrogen-bond acceptors (Lipinski definition) is 4. The number of nitrogens with zero attached hydrogens (tertiary/aromatic N) is 3. The van der Waals surface area contributed by atoms with Crippen LogP contribution in [-0.2, 0) is 0 Å². The topological polar surface area (TPSA) is 58.1 Å². The van der Waals surface area contributed by atoms with E-state index < -0.39 is 30.5 Å². The quantitative estimate of drug-likeness (QED) is 0.774. The molecule has 1 N–H and O–H groups in total. The number of carbonyl (C=O) groups excluding carboxylic acids is 1. The number of amides is 1. The molecule has 0 unspecified atom stereocenters. The molecule has 0 saturated heterocycles. The van der Waals surface area contributed by atoms with Crippen molar-refractivity contribution in [2.24, 2.45) is 0 Å². The molecular weight excluding hydrogens is 228 g/mol. The van der Waals surface area contributed by atoms with Gasteiger partial charge in [0.25, 0.3) is 5.91 Å². The Morgan fingerprint density at radius 2 is 2.28 bits per heavy atom. The van der Waals surface area contributed by atoms with E-state index in [4.69, 9.17) is 9.60 Å². The van der Waals surface area contributed by atoms with Gasteiger partial charge >= 0.3 is 0 Å². The van der Waals surface area contributed by atoms with Gasteiger partial charge in [-0.3, -0.25) is 4.79 Å². The summed E-state index contributed by atoms with van der Waals surface area (Å²) < 4.78 is 54.1. The summed E-state index contributed by atoms with van der Waals surface area (Å²) in [6.45, 7) is -2.76. The number of pyridine rings is 2. The van der Waals surface area contributed by atoms with Gasteiger partial charge in [-0.1, -0.05) is 0 Å². The van der Waals surface area contributed by atoms with Crippen LogP contribution in [0.4, 0.5) is 17.3 Å². The van der Waals surface area contributed by atoms with Crippen molar-refractivity contribution in [1.82, 2.24) is 9.97 Å². The van der Waals surface area contributed by atoms with Crippen LogP contribution in [0.3, 0.4) is 0 Å². The van der Waals surface area contributed by atoms with Crippen LogP contribution in [-0.4, -0.2) is 22.9 Å². The van der Waals surface area contributed by atoms with Gasteiger partial charge in [-0.05, 0) is 30.5 Å². The van der Waals surface area contributed by atoms with E-state index in [1.165, 1.54) is 11.9 Å². The molecule has 1 amide bonds. The summed E-state index contributed by atoms with van der Waals surface area (Å²) in [6.07, 6.45) is 0.541. The minimum Gasteiger partial charge on any atom is -0.318 e. The van der Waals surface area contributed by atoms with Gasteiger partial charge in [0.05, 0.1) is 16.7 Å². The van der Waals surface area contributed by atoms with E-state index in [-0.39, 0.29) is 35.0 Å². The Hall–Kier alpha value is -2.43. The van der Waals surface area contributed by atoms with E-state index in [0.717, 1.165) is 6.20 Å². The zero-order chi connectivity index (χ0) is 18.7. The smallest absolute Gasteiger partial charge is 0.259 e. The van der Waals surface area contributed by atoms with Crippen molar-refractivity contribution >= 4 is 23.2 Å². The number of nitrogens with one attached hydrogen (secondary N) is 1. The fourth-order valence-electron chi connectivity index (χ4n) is 1.74. The van der Waals surface area contributed by atoms with E-state index in [2.05, 4.69) is 15.3 Å². The molecule has 3 rings (SSSR count). The Kier molecular flexibility index (Phi) is 1.16. The molecule has 2 aromatic rings. The average Bonchev–Trinajstić information content (AvgIpc) is 2.60. The summed E-state index contributed by atoms with van der Waals surface area (Å²) in [5.74, 6) is -0.876. The van der Waals surface area contributed by atoms with Crippen molar-refractivity contribution in [3.8, 4) is 0 Å². The van der Waals surface area contributed by atoms with Crippen molar-refractivity contribution in [3.63, 3.8) is 0 Å². The Bertz CT molecular complexity index is 912. The summed E-state index contributed by atoms with van der Waals surface area (Å²) >= 11 is 0. The highest BCUT2D eigenvalue weighted by molar-refractivity contribution is 6.11. The van der Waals surface area contributed by atoms with Crippen LogP contribution in [0.1, 0.15) is 25.5 Å². The predicted octanol–water partition coefficient (Wildman–Crippen LogP) is 2.12. The van der Waals surface area contributed by atoms with Gasteiger partial charge in [-0.15, -0.1) is 0 Å². The highest BCUT2D eigenvalue weighted by atomic mass is 16.1. The second-order valence-corrected chi connectivity index (χ2v) is 3.66. The minimum absolute atomic E-state index is 0.0124. The summed E-state index contributed by atoms with van der Waals surface area (Å²) in [5.41, 5.74) is -0.937. The van der Waals surface area contributed by atoms with Crippen molar-refractivity contribution < 1.29 is 14.4 Å². The number of fused-ring (bicyclic) bond motifs is 2. The standard InChI is InChI=1S/C13H12N4O/c1-8-5-7-15-12-10(8)16-13(18)9-4-3-6-14-11(9)17(12)2/h3-7H,1-2H3,(H,16,18)/i1D3,3D,4D,5D,7D. The van der Waals surface area contributed by atoms with Crippen LogP contribution >= 0.6 is 0 Å². The Balaban J connectivity index is 2.38. The molecule has 3 heterocycles. The molecule has 5 nitrogen and oxygen atoms in total. The fourth-order valence-corrected chi connectivity index (χ4v) is 1.74. The number of aromatic nitrogens is 2. The van der Waals surface area contributed by atoms with Gasteiger partial charge in [-0.25, -0.2) is 9.97 Å². The normalized spacial score (nSPS) is 19.7. The molecule has 1 aliphatic rings. The first-order valence-electron chi connectivity index (χ1n) is 8.57. The maximum Gasteiger partial charge on any atom is 0.259 e. The van der Waals surface area contributed by atoms with E-state index in [1.807, 2.05) is 0 Å². The molecule has 0 aromatic carbocycles. The second kappa shape index (κ2) is 3.80. The molecule has 0 saturated carbocycles. The van der Waals surface area contributed by atoms with E-state index in [1.54, 1.807) is 0 Å². The lowest BCUT2D eigenvalue weighted by molar-refractivity contribution is 0.102. The Morgan fingerprint density at radius 3 is 3.11 bits per heavy atom. The van der Waals surface area contributed by atoms with Gasteiger partial charge in [0.1, 0.15) is 5.82 Å². The first kappa shape index (κ1) is 5.48. The summed E-state index contributed by atoms with van der Waals surface area (Å²) in [6, 6.07) is -1.24. The first-order chi connectivity index (χ1) is 11.5. The molecule has 0 atom stereocenters. The van der Waals surface area contributed by atoms with Gasteiger partial charge < -0.3 is 10.2 Å². The molecular formula is C13H12N4O. The van der Waals surface area contributed by atoms with Gasteiger partial charge in [0, 0.05) is 23.5 Å². The fraction of sp³-hybridized carbons (Fsp3) is 0.154. The van der Waals surface area contributed by atoms with Crippen molar-refractivity contribution in [1.29, 1.82) is 0 Å². The zero-order valence-electron chi connectivity index (χ0n) is 16.3. The van der Waals surface area contributed by atoms with Crippen LogP contribution in [0, 0.1) is 6.85 Å². The molecule has 1 aliphatic heterocycles. The third-order valence-electron chi connectivity index (χ3n) is 2.59. The molecule has 0 spiro atoms. The maximum absolute atomic E-state index is 12.6. The second-order valence-electron chi connectivity index (χ2n) is 3.66. The zero-order valence-corrected chi connectivity index (χ0v) is 9.33. The Labute approximate surface area is 114 Å². The van der Waals surface area contributed by atoms with Crippen molar-refractivity contribution in [2.75, 3.05) is 17.3 Å². The molecule has 18 heavy (non-hydrogen) atoms. The third kappa shape index (κ3) is 1.44. The molecule has 0 radical (unpaired) electrons. The van der Waals surface area contributed by atoms with E-state index in [0.29, 0.717) is 0 Å². The average molecular weight is 247 g/mol. The van der Waals surface area contributed by atoms with Crippen LogP contribution in [0.2, 0.25) is 0 Å². The molecule has 5 heteroatoms. The van der Waals surface area contributed by atoms with Gasteiger partial charge in [0.15, 0.2) is 5.82 Å². The Morgan fingerprint density at radius 1 is 1.39 bits per heavy atom. The van der Waals surface area contributed by atoms with Crippen molar-refractivity contribution in [3.05, 3.63) is 41.6 Å². The monoisotopic (exact) mass is 247 g/mol. The molecule has 0 bridgehead atoms. The lowest BCUT2D eigenvalue weighted by atomic mass is 10.2. The molecule has 0 aliphatic carbocycles. The predicted molar refractivity (Wildman–Crippen MR) is 69.2 cm³/mol. The lowest BCUT2D eigenvalue weighted by Crippen LogP contribution is -2.14. The summed E-state index contributed by atoms with van der Waals surface area (Å²) in [4.78, 5) is 21.7. The third-order valence-corrected chi connectivity index (χ3v) is 2.59. The lowest BCUT2D eigenvalue weighted by Gasteiger charge is -2.18. The van der Waals surface area contributed by atoms with Crippen LogP contribution < -0.4 is 10.2 Å². The summed E-state index contributed by atoms with van der Waals surface area (Å²) in [7, 11) is 1.45.